The van der Waals surface area contributed by atoms with Crippen LogP contribution in [-0.4, -0.2) is 30.1 Å². The monoisotopic (exact) mass is 671 g/mol. The maximum absolute atomic E-state index is 12.3. The molecule has 6 nitrogen and oxygen atoms in total. The van der Waals surface area contributed by atoms with E-state index in [0.717, 1.165) is 36.6 Å². The third-order valence-electron chi connectivity index (χ3n) is 7.64. The highest BCUT2D eigenvalue weighted by atomic mass is 35.5. The summed E-state index contributed by atoms with van der Waals surface area (Å²) < 4.78 is 10.8. The van der Waals surface area contributed by atoms with Gasteiger partial charge in [-0.3, -0.25) is 9.59 Å². The Labute approximate surface area is 290 Å². The fourth-order valence-corrected chi connectivity index (χ4v) is 4.95. The highest BCUT2D eigenvalue weighted by Crippen LogP contribution is 2.44. The number of unbranched alkanes of at least 4 members (excludes halogenated alkanes) is 3. The Balaban J connectivity index is 0.000000785. The van der Waals surface area contributed by atoms with E-state index in [1.807, 2.05) is 13.0 Å². The van der Waals surface area contributed by atoms with Crippen LogP contribution in [0.3, 0.4) is 0 Å². The van der Waals surface area contributed by atoms with Crippen LogP contribution in [0.1, 0.15) is 134 Å². The van der Waals surface area contributed by atoms with E-state index < -0.39 is 11.3 Å². The summed E-state index contributed by atoms with van der Waals surface area (Å²) in [6, 6.07) is 11.4. The summed E-state index contributed by atoms with van der Waals surface area (Å²) in [5, 5.41) is 11.6. The summed E-state index contributed by atoms with van der Waals surface area (Å²) >= 11 is 5.85. The van der Waals surface area contributed by atoms with E-state index in [1.165, 1.54) is 64.4 Å². The Kier molecular flexibility index (Phi) is 23.1. The number of aromatic hydroxyl groups is 1. The minimum Gasteiger partial charge on any atom is -0.506 e. The molecule has 0 radical (unpaired) electrons. The fraction of sp³-hybridized carbons (Fsp3) is 0.550. The molecule has 3 aromatic rings. The van der Waals surface area contributed by atoms with Crippen LogP contribution in [-0.2, 0) is 19.3 Å². The molecule has 3 rings (SSSR count). The number of H-pyrrole nitrogens is 1. The van der Waals surface area contributed by atoms with Gasteiger partial charge in [0.05, 0.1) is 25.3 Å². The molecule has 0 aliphatic heterocycles. The SMILES string of the molecule is CCCC.CCCCC(C)C.CCCCc1[nH]c(=O)c(C(C)=O)c(O)c1-c1c(OC)cccc1OC.CCc1ccc(Cl)cc1CC. The molecule has 0 aliphatic carbocycles. The van der Waals surface area contributed by atoms with Gasteiger partial charge in [0.15, 0.2) is 5.78 Å². The molecule has 264 valence electrons. The highest BCUT2D eigenvalue weighted by molar-refractivity contribution is 6.30. The topological polar surface area (TPSA) is 88.6 Å². The molecule has 47 heavy (non-hydrogen) atoms. The van der Waals surface area contributed by atoms with Gasteiger partial charge in [0, 0.05) is 10.7 Å². The molecule has 2 aromatic carbocycles. The molecule has 0 saturated heterocycles. The van der Waals surface area contributed by atoms with Crippen LogP contribution in [0.2, 0.25) is 5.02 Å². The number of carbonyl (C=O) groups excluding carboxylic acids is 1. The van der Waals surface area contributed by atoms with Crippen molar-refractivity contribution in [1.29, 1.82) is 0 Å². The summed E-state index contributed by atoms with van der Waals surface area (Å²) in [7, 11) is 3.03. The van der Waals surface area contributed by atoms with Gasteiger partial charge in [0.2, 0.25) is 0 Å². The number of aromatic nitrogens is 1. The zero-order valence-electron chi connectivity index (χ0n) is 31.1. The van der Waals surface area contributed by atoms with Gasteiger partial charge < -0.3 is 19.6 Å². The minimum atomic E-state index is -0.589. The van der Waals surface area contributed by atoms with Crippen LogP contribution in [0.15, 0.2) is 41.2 Å². The lowest BCUT2D eigenvalue weighted by atomic mass is 9.95. The Bertz CT molecular complexity index is 1360. The lowest BCUT2D eigenvalue weighted by molar-refractivity contribution is 0.101. The van der Waals surface area contributed by atoms with Crippen molar-refractivity contribution in [2.75, 3.05) is 14.2 Å². The molecule has 0 aliphatic rings. The van der Waals surface area contributed by atoms with Crippen molar-refractivity contribution in [2.45, 2.75) is 127 Å². The van der Waals surface area contributed by atoms with Crippen molar-refractivity contribution < 1.29 is 19.4 Å². The van der Waals surface area contributed by atoms with E-state index in [-0.39, 0.29) is 11.3 Å². The summed E-state index contributed by atoms with van der Waals surface area (Å²) in [6.45, 7) is 18.8. The van der Waals surface area contributed by atoms with Crippen molar-refractivity contribution in [3.05, 3.63) is 74.2 Å². The van der Waals surface area contributed by atoms with Gasteiger partial charge in [0.1, 0.15) is 22.8 Å². The number of hydrogen-bond acceptors (Lipinski definition) is 5. The van der Waals surface area contributed by atoms with Crippen LogP contribution >= 0.6 is 11.6 Å². The van der Waals surface area contributed by atoms with E-state index in [4.69, 9.17) is 21.1 Å². The molecule has 2 N–H and O–H groups in total. The van der Waals surface area contributed by atoms with E-state index in [9.17, 15) is 14.7 Å². The number of pyridine rings is 1. The van der Waals surface area contributed by atoms with Crippen molar-refractivity contribution in [3.8, 4) is 28.4 Å². The first-order chi connectivity index (χ1) is 22.4. The number of carbonyl (C=O) groups is 1. The molecule has 1 aromatic heterocycles. The van der Waals surface area contributed by atoms with Gasteiger partial charge in [-0.15, -0.1) is 0 Å². The number of Topliss-reactive ketones (excluding diaryl/α,β-unsaturated/α-hetero) is 1. The number of ketones is 1. The van der Waals surface area contributed by atoms with Crippen LogP contribution in [0.25, 0.3) is 11.1 Å². The van der Waals surface area contributed by atoms with Crippen LogP contribution in [0.4, 0.5) is 0 Å². The lowest BCUT2D eigenvalue weighted by Gasteiger charge is -2.18. The molecule has 0 fully saturated rings. The average Bonchev–Trinajstić information content (AvgIpc) is 3.06. The summed E-state index contributed by atoms with van der Waals surface area (Å²) in [5.74, 6) is 1.02. The number of halogens is 1. The van der Waals surface area contributed by atoms with Gasteiger partial charge in [0.25, 0.3) is 5.56 Å². The molecule has 0 bridgehead atoms. The average molecular weight is 672 g/mol. The van der Waals surface area contributed by atoms with E-state index in [1.54, 1.807) is 18.2 Å². The first-order valence-electron chi connectivity index (χ1n) is 17.4. The van der Waals surface area contributed by atoms with Crippen LogP contribution in [0.5, 0.6) is 17.2 Å². The van der Waals surface area contributed by atoms with Gasteiger partial charge in [-0.05, 0) is 73.9 Å². The number of nitrogens with one attached hydrogen (secondary N) is 1. The molecule has 0 unspecified atom stereocenters. The van der Waals surface area contributed by atoms with Gasteiger partial charge >= 0.3 is 0 Å². The minimum absolute atomic E-state index is 0.261. The molecule has 1 heterocycles. The first-order valence-corrected chi connectivity index (χ1v) is 17.8. The number of ether oxygens (including phenoxy) is 2. The summed E-state index contributed by atoms with van der Waals surface area (Å²) in [6.07, 6.45) is 11.2. The summed E-state index contributed by atoms with van der Waals surface area (Å²) in [4.78, 5) is 26.9. The number of hydrogen-bond donors (Lipinski definition) is 2. The molecule has 0 spiro atoms. The number of aryl methyl sites for hydroxylation is 3. The second-order valence-electron chi connectivity index (χ2n) is 11.9. The Morgan fingerprint density at radius 2 is 1.38 bits per heavy atom. The van der Waals surface area contributed by atoms with Gasteiger partial charge in [-0.25, -0.2) is 0 Å². The number of methoxy groups -OCH3 is 2. The Morgan fingerprint density at radius 3 is 1.79 bits per heavy atom. The van der Waals surface area contributed by atoms with Crippen molar-refractivity contribution in [3.63, 3.8) is 0 Å². The third kappa shape index (κ3) is 15.0. The van der Waals surface area contributed by atoms with Crippen LogP contribution < -0.4 is 15.0 Å². The maximum atomic E-state index is 12.3. The molecular weight excluding hydrogens is 610 g/mol. The Hall–Kier alpha value is -3.25. The molecular formula is C40H62ClNO5. The van der Waals surface area contributed by atoms with Gasteiger partial charge in [-0.2, -0.15) is 0 Å². The number of benzene rings is 2. The molecule has 7 heteroatoms. The molecule has 0 saturated carbocycles. The molecule has 0 atom stereocenters. The lowest BCUT2D eigenvalue weighted by Crippen LogP contribution is -2.19. The van der Waals surface area contributed by atoms with Gasteiger partial charge in [-0.1, -0.05) is 118 Å². The zero-order valence-corrected chi connectivity index (χ0v) is 31.8. The zero-order chi connectivity index (χ0) is 35.9. The number of rotatable bonds is 13. The third-order valence-corrected chi connectivity index (χ3v) is 7.88. The Morgan fingerprint density at radius 1 is 0.830 bits per heavy atom. The van der Waals surface area contributed by atoms with Crippen molar-refractivity contribution in [2.24, 2.45) is 5.92 Å². The maximum Gasteiger partial charge on any atom is 0.262 e. The van der Waals surface area contributed by atoms with Crippen molar-refractivity contribution >= 4 is 17.4 Å². The smallest absolute Gasteiger partial charge is 0.262 e. The normalized spacial score (nSPS) is 10.1. The second-order valence-corrected chi connectivity index (χ2v) is 12.3. The van der Waals surface area contributed by atoms with E-state index in [0.29, 0.717) is 34.7 Å². The first kappa shape index (κ1) is 43.8. The summed E-state index contributed by atoms with van der Waals surface area (Å²) in [5.41, 5.74) is 3.37. The predicted octanol–water partition coefficient (Wildman–Crippen LogP) is 11.4. The number of aromatic amines is 1. The standard InChI is InChI=1S/C19H23NO5.C10H13Cl.C7H16.C4H10/c1-5-6-8-12-16(18(22)15(11(2)21)19(23)20-12)17-13(24-3)9-7-10-14(17)25-4;1-3-8-5-6-10(11)7-9(8)4-2;1-4-5-6-7(2)3;1-3-4-2/h7,9-10H,5-6,8H2,1-4H3,(H2,20,22,23);5-7H,3-4H2,1-2H3;7H,4-6H2,1-3H3;3-4H2,1-2H3. The largest absolute Gasteiger partial charge is 0.506 e. The van der Waals surface area contributed by atoms with E-state index in [2.05, 4.69) is 65.6 Å². The highest BCUT2D eigenvalue weighted by Gasteiger charge is 2.25. The fourth-order valence-electron chi connectivity index (χ4n) is 4.75. The quantitative estimate of drug-likeness (QED) is 0.176. The molecule has 0 amide bonds. The predicted molar refractivity (Wildman–Crippen MR) is 201 cm³/mol. The van der Waals surface area contributed by atoms with E-state index >= 15 is 0 Å². The second kappa shape index (κ2) is 24.9. The van der Waals surface area contributed by atoms with Crippen LogP contribution in [0, 0.1) is 5.92 Å². The van der Waals surface area contributed by atoms with Crippen molar-refractivity contribution in [1.82, 2.24) is 4.98 Å².